The fraction of sp³-hybridized carbons (Fsp3) is 0.600. The molecule has 19 heavy (non-hydrogen) atoms. The minimum Gasteiger partial charge on any atom is -0.370 e. The average molecular weight is 299 g/mol. The summed E-state index contributed by atoms with van der Waals surface area (Å²) in [6.07, 6.45) is 4.00. The SMILES string of the molecule is ClCc1cc(Cl)ccc1N1CCC(N2CCCC2)C1. The van der Waals surface area contributed by atoms with E-state index in [1.54, 1.807) is 0 Å². The molecule has 0 bridgehead atoms. The van der Waals surface area contributed by atoms with Gasteiger partial charge in [-0.3, -0.25) is 4.90 Å². The molecular formula is C15H20Cl2N2. The van der Waals surface area contributed by atoms with E-state index in [0.29, 0.717) is 5.88 Å². The highest BCUT2D eigenvalue weighted by Crippen LogP contribution is 2.30. The predicted octanol–water partition coefficient (Wildman–Crippen LogP) is 3.75. The zero-order chi connectivity index (χ0) is 13.2. The monoisotopic (exact) mass is 298 g/mol. The maximum absolute atomic E-state index is 6.05. The van der Waals surface area contributed by atoms with Crippen molar-refractivity contribution in [3.8, 4) is 0 Å². The third kappa shape index (κ3) is 2.86. The van der Waals surface area contributed by atoms with E-state index in [-0.39, 0.29) is 0 Å². The molecule has 0 radical (unpaired) electrons. The first-order valence-corrected chi connectivity index (χ1v) is 8.02. The summed E-state index contributed by atoms with van der Waals surface area (Å²) in [7, 11) is 0. The van der Waals surface area contributed by atoms with Crippen molar-refractivity contribution in [1.29, 1.82) is 0 Å². The van der Waals surface area contributed by atoms with Gasteiger partial charge in [0.15, 0.2) is 0 Å². The van der Waals surface area contributed by atoms with Gasteiger partial charge in [0.25, 0.3) is 0 Å². The Morgan fingerprint density at radius 1 is 1.16 bits per heavy atom. The first-order chi connectivity index (χ1) is 9.28. The lowest BCUT2D eigenvalue weighted by molar-refractivity contribution is 0.260. The molecule has 2 aliphatic rings. The van der Waals surface area contributed by atoms with E-state index in [9.17, 15) is 0 Å². The molecule has 0 aliphatic carbocycles. The summed E-state index contributed by atoms with van der Waals surface area (Å²) in [6.45, 7) is 4.82. The topological polar surface area (TPSA) is 6.48 Å². The van der Waals surface area contributed by atoms with Crippen LogP contribution in [0.25, 0.3) is 0 Å². The number of nitrogens with zero attached hydrogens (tertiary/aromatic N) is 2. The maximum Gasteiger partial charge on any atom is 0.0495 e. The molecule has 0 spiro atoms. The van der Waals surface area contributed by atoms with E-state index in [0.717, 1.165) is 29.7 Å². The van der Waals surface area contributed by atoms with Gasteiger partial charge in [-0.25, -0.2) is 0 Å². The lowest BCUT2D eigenvalue weighted by Crippen LogP contribution is -2.35. The van der Waals surface area contributed by atoms with Gasteiger partial charge in [0.2, 0.25) is 0 Å². The van der Waals surface area contributed by atoms with Crippen LogP contribution >= 0.6 is 23.2 Å². The first kappa shape index (κ1) is 13.5. The second kappa shape index (κ2) is 5.90. The van der Waals surface area contributed by atoms with Gasteiger partial charge in [0.05, 0.1) is 0 Å². The Balaban J connectivity index is 1.73. The van der Waals surface area contributed by atoms with Gasteiger partial charge in [-0.05, 0) is 56.1 Å². The molecule has 1 atom stereocenters. The van der Waals surface area contributed by atoms with Crippen molar-refractivity contribution >= 4 is 28.9 Å². The van der Waals surface area contributed by atoms with E-state index in [1.165, 1.54) is 38.0 Å². The summed E-state index contributed by atoms with van der Waals surface area (Å²) in [5.41, 5.74) is 2.41. The van der Waals surface area contributed by atoms with Crippen LogP contribution in [-0.2, 0) is 5.88 Å². The summed E-state index contributed by atoms with van der Waals surface area (Å²) < 4.78 is 0. The number of anilines is 1. The van der Waals surface area contributed by atoms with Gasteiger partial charge in [-0.2, -0.15) is 0 Å². The number of rotatable bonds is 3. The molecule has 4 heteroatoms. The van der Waals surface area contributed by atoms with Gasteiger partial charge in [0.1, 0.15) is 0 Å². The van der Waals surface area contributed by atoms with Gasteiger partial charge in [-0.15, -0.1) is 11.6 Å². The number of hydrogen-bond donors (Lipinski definition) is 0. The van der Waals surface area contributed by atoms with E-state index >= 15 is 0 Å². The number of hydrogen-bond acceptors (Lipinski definition) is 2. The van der Waals surface area contributed by atoms with E-state index in [2.05, 4.69) is 15.9 Å². The van der Waals surface area contributed by atoms with Gasteiger partial charge < -0.3 is 4.90 Å². The molecule has 0 amide bonds. The molecule has 1 aromatic carbocycles. The quantitative estimate of drug-likeness (QED) is 0.784. The maximum atomic E-state index is 6.05. The molecule has 0 saturated carbocycles. The first-order valence-electron chi connectivity index (χ1n) is 7.11. The van der Waals surface area contributed by atoms with Crippen LogP contribution < -0.4 is 4.90 Å². The second-order valence-corrected chi connectivity index (χ2v) is 6.24. The molecule has 0 N–H and O–H groups in total. The highest BCUT2D eigenvalue weighted by Gasteiger charge is 2.29. The number of halogens is 2. The Labute approximate surface area is 125 Å². The van der Waals surface area contributed by atoms with Crippen LogP contribution in [0.4, 0.5) is 5.69 Å². The molecule has 2 saturated heterocycles. The van der Waals surface area contributed by atoms with Gasteiger partial charge >= 0.3 is 0 Å². The van der Waals surface area contributed by atoms with E-state index < -0.39 is 0 Å². The molecule has 104 valence electrons. The van der Waals surface area contributed by atoms with E-state index in [1.807, 2.05) is 12.1 Å². The van der Waals surface area contributed by atoms with E-state index in [4.69, 9.17) is 23.2 Å². The zero-order valence-electron chi connectivity index (χ0n) is 11.1. The van der Waals surface area contributed by atoms with Crippen LogP contribution in [0.3, 0.4) is 0 Å². The summed E-state index contributed by atoms with van der Waals surface area (Å²) in [6, 6.07) is 6.80. The van der Waals surface area contributed by atoms with Crippen molar-refractivity contribution < 1.29 is 0 Å². The van der Waals surface area contributed by atoms with Crippen LogP contribution in [-0.4, -0.2) is 37.1 Å². The minimum atomic E-state index is 0.529. The largest absolute Gasteiger partial charge is 0.370 e. The fourth-order valence-electron chi connectivity index (χ4n) is 3.34. The molecule has 0 aromatic heterocycles. The smallest absolute Gasteiger partial charge is 0.0495 e. The van der Waals surface area contributed by atoms with Crippen LogP contribution in [0, 0.1) is 0 Å². The Morgan fingerprint density at radius 3 is 2.68 bits per heavy atom. The molecule has 1 unspecified atom stereocenters. The third-order valence-electron chi connectivity index (χ3n) is 4.35. The molecule has 1 aromatic rings. The average Bonchev–Trinajstić information content (AvgIpc) is 3.09. The van der Waals surface area contributed by atoms with Crippen LogP contribution in [0.15, 0.2) is 18.2 Å². The normalized spacial score (nSPS) is 24.3. The van der Waals surface area contributed by atoms with Crippen molar-refractivity contribution in [1.82, 2.24) is 4.90 Å². The predicted molar refractivity (Wildman–Crippen MR) is 82.4 cm³/mol. The van der Waals surface area contributed by atoms with Crippen LogP contribution in [0.5, 0.6) is 0 Å². The Hall–Kier alpha value is -0.440. The summed E-state index contributed by atoms with van der Waals surface area (Å²) in [5, 5.41) is 0.773. The van der Waals surface area contributed by atoms with Crippen molar-refractivity contribution in [2.75, 3.05) is 31.1 Å². The highest BCUT2D eigenvalue weighted by atomic mass is 35.5. The highest BCUT2D eigenvalue weighted by molar-refractivity contribution is 6.30. The molecular weight excluding hydrogens is 279 g/mol. The van der Waals surface area contributed by atoms with Crippen molar-refractivity contribution in [3.63, 3.8) is 0 Å². The fourth-order valence-corrected chi connectivity index (χ4v) is 3.74. The minimum absolute atomic E-state index is 0.529. The molecule has 2 heterocycles. The third-order valence-corrected chi connectivity index (χ3v) is 4.87. The molecule has 2 nitrogen and oxygen atoms in total. The standard InChI is InChI=1S/C15H20Cl2N2/c16-10-12-9-13(17)3-4-15(12)19-8-5-14(11-19)18-6-1-2-7-18/h3-4,9,14H,1-2,5-8,10-11H2. The molecule has 3 rings (SSSR count). The lowest BCUT2D eigenvalue weighted by atomic mass is 10.2. The van der Waals surface area contributed by atoms with Crippen LogP contribution in [0.2, 0.25) is 5.02 Å². The Bertz CT molecular complexity index is 444. The summed E-state index contributed by atoms with van der Waals surface area (Å²) >= 11 is 12.1. The van der Waals surface area contributed by atoms with Crippen molar-refractivity contribution in [2.24, 2.45) is 0 Å². The second-order valence-electron chi connectivity index (χ2n) is 5.54. The summed E-state index contributed by atoms with van der Waals surface area (Å²) in [5.74, 6) is 0.529. The number of likely N-dealkylation sites (tertiary alicyclic amines) is 1. The van der Waals surface area contributed by atoms with Crippen LogP contribution in [0.1, 0.15) is 24.8 Å². The number of alkyl halides is 1. The zero-order valence-corrected chi connectivity index (χ0v) is 12.6. The van der Waals surface area contributed by atoms with Gasteiger partial charge in [0, 0.05) is 35.7 Å². The summed E-state index contributed by atoms with van der Waals surface area (Å²) in [4.78, 5) is 5.12. The van der Waals surface area contributed by atoms with Crippen molar-refractivity contribution in [3.05, 3.63) is 28.8 Å². The Morgan fingerprint density at radius 2 is 1.95 bits per heavy atom. The lowest BCUT2D eigenvalue weighted by Gasteiger charge is -2.25. The molecule has 2 aliphatic heterocycles. The van der Waals surface area contributed by atoms with Gasteiger partial charge in [-0.1, -0.05) is 11.6 Å². The molecule has 2 fully saturated rings. The van der Waals surface area contributed by atoms with Crippen molar-refractivity contribution in [2.45, 2.75) is 31.2 Å². The number of benzene rings is 1. The Kier molecular flexibility index (Phi) is 4.21.